The van der Waals surface area contributed by atoms with Gasteiger partial charge in [-0.25, -0.2) is 0 Å². The van der Waals surface area contributed by atoms with Gasteiger partial charge < -0.3 is 0 Å². The summed E-state index contributed by atoms with van der Waals surface area (Å²) in [6.07, 6.45) is -12.2. The molecule has 0 aromatic rings. The van der Waals surface area contributed by atoms with Gasteiger partial charge in [-0.1, -0.05) is 4.90 Å². The molecule has 0 amide bonds. The lowest BCUT2D eigenvalue weighted by Gasteiger charge is -2.25. The second-order valence-corrected chi connectivity index (χ2v) is 1.58. The highest BCUT2D eigenvalue weighted by Crippen LogP contribution is 2.36. The molecular weight excluding hydrogens is 202 g/mol. The summed E-state index contributed by atoms with van der Waals surface area (Å²) in [5.41, 5.74) is 0. The Morgan fingerprint density at radius 1 is 0.750 bits per heavy atom. The van der Waals surface area contributed by atoms with Gasteiger partial charge in [0.15, 0.2) is 0 Å². The van der Waals surface area contributed by atoms with E-state index in [4.69, 9.17) is 0 Å². The number of rotatable bonds is 1. The van der Waals surface area contributed by atoms with Crippen LogP contribution in [-0.4, -0.2) is 24.0 Å². The summed E-state index contributed by atoms with van der Waals surface area (Å²) in [5.74, 6) is 0. The smallest absolute Gasteiger partial charge is 0.191 e. The molecule has 0 aromatic carbocycles. The van der Waals surface area contributed by atoms with E-state index in [1.165, 1.54) is 0 Å². The van der Waals surface area contributed by atoms with E-state index in [1.54, 1.807) is 0 Å². The van der Waals surface area contributed by atoms with Gasteiger partial charge in [0.05, 0.1) is 0 Å². The molecule has 0 saturated carbocycles. The van der Waals surface area contributed by atoms with Crippen molar-refractivity contribution >= 4 is 0 Å². The first-order valence-corrected chi connectivity index (χ1v) is 2.28. The molecule has 0 unspecified atom stereocenters. The maximum atomic E-state index is 11.2. The summed E-state index contributed by atoms with van der Waals surface area (Å²) < 4.78 is 89.5. The Labute approximate surface area is 60.6 Å². The highest BCUT2D eigenvalue weighted by atomic mass is 19.4. The van der Waals surface area contributed by atoms with E-state index in [0.29, 0.717) is 0 Å². The number of halogens is 8. The molecule has 1 nitrogen and oxygen atoms in total. The molecule has 0 aliphatic carbocycles. The third-order valence-electron chi connectivity index (χ3n) is 0.741. The molecule has 12 heavy (non-hydrogen) atoms. The van der Waals surface area contributed by atoms with Crippen LogP contribution in [0, 0.1) is 0 Å². The predicted octanol–water partition coefficient (Wildman–Crippen LogP) is 2.55. The monoisotopic (exact) mass is 203 g/mol. The molecule has 0 aromatic heterocycles. The zero-order valence-corrected chi connectivity index (χ0v) is 5.05. The molecule has 9 heteroatoms. The minimum atomic E-state index is -6.12. The molecule has 0 fully saturated rings. The quantitative estimate of drug-likeness (QED) is 0.467. The Kier molecular flexibility index (Phi) is 2.88. The van der Waals surface area contributed by atoms with Crippen LogP contribution in [0.1, 0.15) is 0 Å². The van der Waals surface area contributed by atoms with Crippen molar-refractivity contribution in [1.29, 1.82) is 0 Å². The Hall–Kier alpha value is -0.600. The molecule has 74 valence electrons. The molecule has 0 saturated heterocycles. The Morgan fingerprint density at radius 2 is 1.00 bits per heavy atom. The predicted molar refractivity (Wildman–Crippen MR) is 20.0 cm³/mol. The summed E-state index contributed by atoms with van der Waals surface area (Å²) >= 11 is 0. The van der Waals surface area contributed by atoms with Crippen LogP contribution in [0.15, 0.2) is 0 Å². The second-order valence-electron chi connectivity index (χ2n) is 1.58. The van der Waals surface area contributed by atoms with Crippen molar-refractivity contribution in [2.45, 2.75) is 19.1 Å². The van der Waals surface area contributed by atoms with Crippen molar-refractivity contribution in [3.8, 4) is 0 Å². The normalized spacial score (nSPS) is 14.5. The van der Waals surface area contributed by atoms with Crippen molar-refractivity contribution in [1.82, 2.24) is 4.90 Å². The summed E-state index contributed by atoms with van der Waals surface area (Å²) in [5, 5.41) is 0. The van der Waals surface area contributed by atoms with E-state index in [0.717, 1.165) is 0 Å². The summed E-state index contributed by atoms with van der Waals surface area (Å²) in [7, 11) is 0. The maximum Gasteiger partial charge on any atom is 0.471 e. The first-order valence-electron chi connectivity index (χ1n) is 2.28. The highest BCUT2D eigenvalue weighted by molar-refractivity contribution is 4.60. The number of hydrogen-bond acceptors (Lipinski definition) is 1. The van der Waals surface area contributed by atoms with Crippen molar-refractivity contribution in [2.75, 3.05) is 0 Å². The highest BCUT2D eigenvalue weighted by Gasteiger charge is 2.58. The molecule has 0 radical (unpaired) electrons. The third kappa shape index (κ3) is 2.80. The first kappa shape index (κ1) is 11.4. The van der Waals surface area contributed by atoms with Crippen LogP contribution in [0.25, 0.3) is 0 Å². The van der Waals surface area contributed by atoms with Gasteiger partial charge in [-0.15, -0.1) is 0 Å². The Balaban J connectivity index is 4.70. The summed E-state index contributed by atoms with van der Waals surface area (Å²) in [6.45, 7) is -4.65. The van der Waals surface area contributed by atoms with Gasteiger partial charge in [-0.2, -0.15) is 35.1 Å². The van der Waals surface area contributed by atoms with E-state index in [-0.39, 0.29) is 0 Å². The number of hydrogen-bond donors (Lipinski definition) is 0. The molecule has 0 aliphatic heterocycles. The van der Waals surface area contributed by atoms with Gasteiger partial charge in [-0.3, -0.25) is 0 Å². The lowest BCUT2D eigenvalue weighted by molar-refractivity contribution is -0.410. The molecule has 0 spiro atoms. The largest absolute Gasteiger partial charge is 0.471 e. The van der Waals surface area contributed by atoms with Gasteiger partial charge in [-0.05, 0) is 0 Å². The van der Waals surface area contributed by atoms with Crippen LogP contribution in [0.4, 0.5) is 35.1 Å². The van der Waals surface area contributed by atoms with Crippen LogP contribution in [0.2, 0.25) is 0 Å². The minimum absolute atomic E-state index is 2.79. The number of nitrogens with zero attached hydrogens (tertiary/aromatic N) is 1. The summed E-state index contributed by atoms with van der Waals surface area (Å²) in [4.78, 5) is -2.79. The number of alkyl halides is 8. The molecule has 0 rings (SSSR count). The zero-order chi connectivity index (χ0) is 10.2. The lowest BCUT2D eigenvalue weighted by atomic mass is 10.8. The van der Waals surface area contributed by atoms with Crippen molar-refractivity contribution in [2.24, 2.45) is 0 Å². The average Bonchev–Trinajstić information content (AvgIpc) is 1.49. The van der Waals surface area contributed by atoms with Gasteiger partial charge >= 0.3 is 19.1 Å². The van der Waals surface area contributed by atoms with Crippen LogP contribution >= 0.6 is 0 Å². The standard InChI is InChI=1S/C3HF8N/c4-1(5)12(2(6,7)8)3(9,10)11/h1H. The van der Waals surface area contributed by atoms with Crippen molar-refractivity contribution in [3.05, 3.63) is 0 Å². The van der Waals surface area contributed by atoms with Crippen molar-refractivity contribution in [3.63, 3.8) is 0 Å². The first-order chi connectivity index (χ1) is 5.07. The van der Waals surface area contributed by atoms with Crippen LogP contribution in [-0.2, 0) is 0 Å². The van der Waals surface area contributed by atoms with Gasteiger partial charge in [0.2, 0.25) is 0 Å². The Bertz CT molecular complexity index is 129. The maximum absolute atomic E-state index is 11.2. The molecule has 0 aliphatic rings. The molecule has 0 N–H and O–H groups in total. The van der Waals surface area contributed by atoms with Gasteiger partial charge in [0.1, 0.15) is 0 Å². The average molecular weight is 203 g/mol. The fraction of sp³-hybridized carbons (Fsp3) is 1.00. The van der Waals surface area contributed by atoms with Crippen LogP contribution in [0.5, 0.6) is 0 Å². The van der Waals surface area contributed by atoms with E-state index in [2.05, 4.69) is 0 Å². The van der Waals surface area contributed by atoms with Gasteiger partial charge in [0.25, 0.3) is 0 Å². The molecule has 0 bridgehead atoms. The van der Waals surface area contributed by atoms with Crippen LogP contribution in [0.3, 0.4) is 0 Å². The zero-order valence-electron chi connectivity index (χ0n) is 5.05. The fourth-order valence-corrected chi connectivity index (χ4v) is 0.365. The Morgan fingerprint density at radius 3 is 1.00 bits per heavy atom. The van der Waals surface area contributed by atoms with E-state index < -0.39 is 24.0 Å². The fourth-order valence-electron chi connectivity index (χ4n) is 0.365. The summed E-state index contributed by atoms with van der Waals surface area (Å²) in [6, 6.07) is 0. The van der Waals surface area contributed by atoms with E-state index >= 15 is 0 Å². The lowest BCUT2D eigenvalue weighted by Crippen LogP contribution is -2.50. The molecule has 0 atom stereocenters. The van der Waals surface area contributed by atoms with Crippen molar-refractivity contribution < 1.29 is 35.1 Å². The SMILES string of the molecule is FC(F)N(C(F)(F)F)C(F)(F)F. The van der Waals surface area contributed by atoms with E-state index in [1.807, 2.05) is 0 Å². The third-order valence-corrected chi connectivity index (χ3v) is 0.741. The van der Waals surface area contributed by atoms with Crippen LogP contribution < -0.4 is 0 Å². The second kappa shape index (κ2) is 3.04. The molecule has 0 heterocycles. The minimum Gasteiger partial charge on any atom is -0.191 e. The molecular formula is C3HF8N. The topological polar surface area (TPSA) is 3.24 Å². The van der Waals surface area contributed by atoms with E-state index in [9.17, 15) is 35.1 Å². The van der Waals surface area contributed by atoms with Gasteiger partial charge in [0, 0.05) is 0 Å².